The zero-order chi connectivity index (χ0) is 14.3. The van der Waals surface area contributed by atoms with E-state index in [1.54, 1.807) is 6.08 Å². The van der Waals surface area contributed by atoms with Crippen LogP contribution in [-0.2, 0) is 16.1 Å². The van der Waals surface area contributed by atoms with Crippen molar-refractivity contribution in [3.8, 4) is 5.75 Å². The van der Waals surface area contributed by atoms with E-state index in [1.165, 1.54) is 0 Å². The summed E-state index contributed by atoms with van der Waals surface area (Å²) < 4.78 is 10.7. The van der Waals surface area contributed by atoms with Crippen LogP contribution in [-0.4, -0.2) is 12.6 Å². The summed E-state index contributed by atoms with van der Waals surface area (Å²) in [5, 5.41) is 0. The molecule has 19 heavy (non-hydrogen) atoms. The molecule has 1 aromatic carbocycles. The molecular formula is C16H22O3. The average Bonchev–Trinajstić information content (AvgIpc) is 2.43. The highest BCUT2D eigenvalue weighted by molar-refractivity contribution is 5.75. The van der Waals surface area contributed by atoms with E-state index >= 15 is 0 Å². The Kier molecular flexibility index (Phi) is 5.61. The Hall–Kier alpha value is -1.77. The van der Waals surface area contributed by atoms with Gasteiger partial charge >= 0.3 is 5.97 Å². The zero-order valence-corrected chi connectivity index (χ0v) is 11.9. The zero-order valence-electron chi connectivity index (χ0n) is 11.9. The largest absolute Gasteiger partial charge is 0.490 e. The standard InChI is InChI=1S/C16H22O3/c1-5-11-18-14-9-7-13(8-10-14)12-19-15(17)16(3,4)6-2/h5,7-10H,1,6,11-12H2,2-4H3. The second-order valence-electron chi connectivity index (χ2n) is 5.06. The smallest absolute Gasteiger partial charge is 0.311 e. The number of hydrogen-bond donors (Lipinski definition) is 0. The number of hydrogen-bond acceptors (Lipinski definition) is 3. The highest BCUT2D eigenvalue weighted by atomic mass is 16.5. The highest BCUT2D eigenvalue weighted by Crippen LogP contribution is 2.22. The Labute approximate surface area is 115 Å². The molecule has 0 amide bonds. The van der Waals surface area contributed by atoms with Gasteiger partial charge in [-0.15, -0.1) is 0 Å². The first-order valence-corrected chi connectivity index (χ1v) is 6.49. The first kappa shape index (κ1) is 15.3. The first-order valence-electron chi connectivity index (χ1n) is 6.49. The van der Waals surface area contributed by atoms with Gasteiger partial charge in [0.2, 0.25) is 0 Å². The second kappa shape index (κ2) is 6.98. The van der Waals surface area contributed by atoms with Crippen LogP contribution in [0.15, 0.2) is 36.9 Å². The molecule has 0 aliphatic rings. The topological polar surface area (TPSA) is 35.5 Å². The van der Waals surface area contributed by atoms with Crippen molar-refractivity contribution in [1.82, 2.24) is 0 Å². The molecule has 0 spiro atoms. The van der Waals surface area contributed by atoms with Crippen LogP contribution in [0.4, 0.5) is 0 Å². The molecule has 0 bridgehead atoms. The molecule has 0 heterocycles. The SMILES string of the molecule is C=CCOc1ccc(COC(=O)C(C)(C)CC)cc1. The summed E-state index contributed by atoms with van der Waals surface area (Å²) in [5.41, 5.74) is 0.527. The maximum absolute atomic E-state index is 11.8. The summed E-state index contributed by atoms with van der Waals surface area (Å²) >= 11 is 0. The molecule has 0 saturated heterocycles. The predicted molar refractivity (Wildman–Crippen MR) is 76.0 cm³/mol. The molecule has 0 N–H and O–H groups in total. The Morgan fingerprint density at radius 2 is 1.95 bits per heavy atom. The average molecular weight is 262 g/mol. The van der Waals surface area contributed by atoms with Crippen molar-refractivity contribution >= 4 is 5.97 Å². The van der Waals surface area contributed by atoms with E-state index in [2.05, 4.69) is 6.58 Å². The van der Waals surface area contributed by atoms with E-state index in [4.69, 9.17) is 9.47 Å². The van der Waals surface area contributed by atoms with E-state index < -0.39 is 5.41 Å². The van der Waals surface area contributed by atoms with E-state index in [9.17, 15) is 4.79 Å². The number of carbonyl (C=O) groups excluding carboxylic acids is 1. The number of carbonyl (C=O) groups is 1. The summed E-state index contributed by atoms with van der Waals surface area (Å²) in [6.45, 7) is 10.1. The third kappa shape index (κ3) is 4.78. The van der Waals surface area contributed by atoms with Crippen LogP contribution in [0.2, 0.25) is 0 Å². The normalized spacial score (nSPS) is 10.9. The molecule has 0 aliphatic heterocycles. The summed E-state index contributed by atoms with van der Waals surface area (Å²) in [6, 6.07) is 7.50. The van der Waals surface area contributed by atoms with Gasteiger partial charge in [0.05, 0.1) is 5.41 Å². The van der Waals surface area contributed by atoms with Crippen molar-refractivity contribution in [1.29, 1.82) is 0 Å². The lowest BCUT2D eigenvalue weighted by atomic mass is 9.91. The lowest BCUT2D eigenvalue weighted by molar-refractivity contribution is -0.155. The second-order valence-corrected chi connectivity index (χ2v) is 5.06. The van der Waals surface area contributed by atoms with Crippen LogP contribution in [0.5, 0.6) is 5.75 Å². The van der Waals surface area contributed by atoms with Crippen LogP contribution in [0.1, 0.15) is 32.8 Å². The molecule has 104 valence electrons. The molecule has 1 rings (SSSR count). The lowest BCUT2D eigenvalue weighted by Crippen LogP contribution is -2.25. The van der Waals surface area contributed by atoms with Gasteiger partial charge in [0.25, 0.3) is 0 Å². The molecule has 0 atom stereocenters. The predicted octanol–water partition coefficient (Wildman–Crippen LogP) is 3.73. The van der Waals surface area contributed by atoms with Gasteiger partial charge in [-0.25, -0.2) is 0 Å². The van der Waals surface area contributed by atoms with Crippen LogP contribution in [0.25, 0.3) is 0 Å². The number of ether oxygens (including phenoxy) is 2. The third-order valence-electron chi connectivity index (χ3n) is 3.10. The van der Waals surface area contributed by atoms with Gasteiger partial charge in [-0.05, 0) is 38.0 Å². The summed E-state index contributed by atoms with van der Waals surface area (Å²) in [5.74, 6) is 0.617. The van der Waals surface area contributed by atoms with E-state index in [1.807, 2.05) is 45.0 Å². The molecule has 0 radical (unpaired) electrons. The minimum absolute atomic E-state index is 0.165. The van der Waals surface area contributed by atoms with Gasteiger partial charge < -0.3 is 9.47 Å². The van der Waals surface area contributed by atoms with E-state index in [0.717, 1.165) is 17.7 Å². The summed E-state index contributed by atoms with van der Waals surface area (Å²) in [7, 11) is 0. The fraction of sp³-hybridized carbons (Fsp3) is 0.438. The molecule has 0 aromatic heterocycles. The Morgan fingerprint density at radius 3 is 2.47 bits per heavy atom. The maximum Gasteiger partial charge on any atom is 0.311 e. The van der Waals surface area contributed by atoms with Gasteiger partial charge in [-0.1, -0.05) is 31.7 Å². The molecule has 0 aliphatic carbocycles. The van der Waals surface area contributed by atoms with Crippen molar-refractivity contribution in [3.05, 3.63) is 42.5 Å². The van der Waals surface area contributed by atoms with Gasteiger partial charge in [-0.3, -0.25) is 4.79 Å². The Morgan fingerprint density at radius 1 is 1.32 bits per heavy atom. The highest BCUT2D eigenvalue weighted by Gasteiger charge is 2.26. The van der Waals surface area contributed by atoms with Crippen molar-refractivity contribution < 1.29 is 14.3 Å². The molecule has 3 nitrogen and oxygen atoms in total. The van der Waals surface area contributed by atoms with E-state index in [-0.39, 0.29) is 5.97 Å². The number of esters is 1. The van der Waals surface area contributed by atoms with Gasteiger partial charge in [0.1, 0.15) is 19.0 Å². The Balaban J connectivity index is 2.50. The van der Waals surface area contributed by atoms with Crippen LogP contribution >= 0.6 is 0 Å². The van der Waals surface area contributed by atoms with Gasteiger partial charge in [0.15, 0.2) is 0 Å². The molecule has 1 aromatic rings. The van der Waals surface area contributed by atoms with Crippen molar-refractivity contribution in [3.63, 3.8) is 0 Å². The first-order chi connectivity index (χ1) is 8.99. The minimum Gasteiger partial charge on any atom is -0.490 e. The van der Waals surface area contributed by atoms with Gasteiger partial charge in [-0.2, -0.15) is 0 Å². The fourth-order valence-electron chi connectivity index (χ4n) is 1.33. The molecule has 3 heteroatoms. The van der Waals surface area contributed by atoms with Crippen LogP contribution < -0.4 is 4.74 Å². The minimum atomic E-state index is -0.424. The summed E-state index contributed by atoms with van der Waals surface area (Å²) in [4.78, 5) is 11.8. The quantitative estimate of drug-likeness (QED) is 0.555. The fourth-order valence-corrected chi connectivity index (χ4v) is 1.33. The van der Waals surface area contributed by atoms with Gasteiger partial charge in [0, 0.05) is 0 Å². The van der Waals surface area contributed by atoms with Crippen LogP contribution in [0.3, 0.4) is 0 Å². The lowest BCUT2D eigenvalue weighted by Gasteiger charge is -2.20. The molecule has 0 saturated carbocycles. The molecule has 0 fully saturated rings. The van der Waals surface area contributed by atoms with Crippen LogP contribution in [0, 0.1) is 5.41 Å². The van der Waals surface area contributed by atoms with Crippen molar-refractivity contribution in [2.24, 2.45) is 5.41 Å². The van der Waals surface area contributed by atoms with Crippen molar-refractivity contribution in [2.75, 3.05) is 6.61 Å². The van der Waals surface area contributed by atoms with Crippen molar-refractivity contribution in [2.45, 2.75) is 33.8 Å². The Bertz CT molecular complexity index is 418. The number of rotatable bonds is 7. The van der Waals surface area contributed by atoms with E-state index in [0.29, 0.717) is 13.2 Å². The molecular weight excluding hydrogens is 240 g/mol. The molecule has 0 unspecified atom stereocenters. The maximum atomic E-state index is 11.8. The summed E-state index contributed by atoms with van der Waals surface area (Å²) in [6.07, 6.45) is 2.46. The monoisotopic (exact) mass is 262 g/mol. The number of benzene rings is 1. The third-order valence-corrected chi connectivity index (χ3v) is 3.10.